The summed E-state index contributed by atoms with van der Waals surface area (Å²) in [5.41, 5.74) is 2.71. The van der Waals surface area contributed by atoms with Gasteiger partial charge in [-0.1, -0.05) is 174 Å². The van der Waals surface area contributed by atoms with Crippen LogP contribution in [0.4, 0.5) is 0 Å². The third-order valence-electron chi connectivity index (χ3n) is 17.9. The molecule has 2 aliphatic heterocycles. The molecule has 88 heavy (non-hydrogen) atoms. The monoisotopic (exact) mass is 1280 g/mol. The Balaban J connectivity index is 0.000000322. The van der Waals surface area contributed by atoms with E-state index in [9.17, 15) is 24.0 Å². The number of rotatable bonds is 21. The number of benzene rings is 2. The van der Waals surface area contributed by atoms with Gasteiger partial charge < -0.3 is 27.2 Å². The first-order valence-electron chi connectivity index (χ1n) is 30.3. The van der Waals surface area contributed by atoms with Gasteiger partial charge in [-0.15, -0.1) is 0 Å². The van der Waals surface area contributed by atoms with Gasteiger partial charge in [0.15, 0.2) is 33.3 Å². The Morgan fingerprint density at radius 1 is 0.614 bits per heavy atom. The van der Waals surface area contributed by atoms with Crippen LogP contribution in [0.5, 0.6) is 0 Å². The van der Waals surface area contributed by atoms with Crippen molar-refractivity contribution < 1.29 is 41.6 Å². The third kappa shape index (κ3) is 20.3. The van der Waals surface area contributed by atoms with Crippen molar-refractivity contribution in [2.75, 3.05) is 26.4 Å². The van der Waals surface area contributed by atoms with E-state index in [0.717, 1.165) is 22.3 Å². The molecule has 0 saturated carbocycles. The van der Waals surface area contributed by atoms with Gasteiger partial charge in [0.2, 0.25) is 0 Å². The molecule has 19 nitrogen and oxygen atoms in total. The number of ether oxygens (including phenoxy) is 2. The van der Waals surface area contributed by atoms with Crippen molar-refractivity contribution >= 4 is 39.2 Å². The van der Waals surface area contributed by atoms with Crippen molar-refractivity contribution in [3.05, 3.63) is 150 Å². The molecule has 484 valence electrons. The van der Waals surface area contributed by atoms with E-state index in [4.69, 9.17) is 36.9 Å². The smallest absolute Gasteiger partial charge is 0.330 e. The number of carbonyl (C=O) groups excluding carboxylic acids is 1. The zero-order chi connectivity index (χ0) is 65.8. The molecule has 0 radical (unpaired) electrons. The Kier molecular flexibility index (Phi) is 25.2. The predicted molar refractivity (Wildman–Crippen MR) is 356 cm³/mol. The lowest BCUT2D eigenvalue weighted by molar-refractivity contribution is -0.179. The highest BCUT2D eigenvalue weighted by Crippen LogP contribution is 2.44. The summed E-state index contributed by atoms with van der Waals surface area (Å²) in [7, 11) is -8.47. The standard InChI is InChI=1S/C34H51N3O7Si2.C31H49N3O6Si2/c1-12-29(38)37(22-25-17-14-13-15-18-25)41-20-16-19-26-23-36(32(40)35-31(26)39)30-21-27(44-46(10,11)34(5,6)7)28(43-30)24-42-45(8,9)33(2,3)4;1-30(2,3)41(7,8)38-22-26-25(40-42(9,10)31(4,5)6)19-27(39-26)34-21-24(28(35)33-29(34)36)17-14-18-37-32-20-23-15-12-11-13-16-23/h12-15,17-18,23,27-28,30H,1,20-22,24H2,2-11H3,(H,35,39,40);11-13,15-16,21,25-27,32H,18-20,22H2,1-10H3,(H,33,35,36)/t27-,28-,30-;25-,26-,27-/m11/s1. The Labute approximate surface area is 526 Å². The van der Waals surface area contributed by atoms with Crippen molar-refractivity contribution in [3.8, 4) is 23.7 Å². The van der Waals surface area contributed by atoms with Crippen molar-refractivity contribution in [2.45, 2.75) is 218 Å². The molecule has 0 unspecified atom stereocenters. The van der Waals surface area contributed by atoms with Gasteiger partial charge in [0.05, 0.1) is 32.0 Å². The van der Waals surface area contributed by atoms with Gasteiger partial charge in [-0.25, -0.2) is 14.7 Å². The summed E-state index contributed by atoms with van der Waals surface area (Å²) in [6.07, 6.45) is 2.31. The number of aromatic nitrogens is 4. The lowest BCUT2D eigenvalue weighted by atomic mass is 10.2. The van der Waals surface area contributed by atoms with Gasteiger partial charge in [-0.2, -0.15) is 5.48 Å². The molecule has 2 saturated heterocycles. The molecule has 2 fully saturated rings. The normalized spacial score (nSPS) is 19.4. The van der Waals surface area contributed by atoms with Crippen LogP contribution >= 0.6 is 0 Å². The zero-order valence-corrected chi connectivity index (χ0v) is 60.0. The summed E-state index contributed by atoms with van der Waals surface area (Å²) in [5, 5.41) is 1.20. The van der Waals surface area contributed by atoms with E-state index in [1.165, 1.54) is 21.5 Å². The average molecular weight is 1290 g/mol. The molecule has 0 bridgehead atoms. The Morgan fingerprint density at radius 2 is 1.00 bits per heavy atom. The number of carbonyl (C=O) groups is 1. The van der Waals surface area contributed by atoms with Crippen molar-refractivity contribution in [1.82, 2.24) is 29.6 Å². The minimum atomic E-state index is -2.19. The van der Waals surface area contributed by atoms with Gasteiger partial charge in [0.25, 0.3) is 17.0 Å². The van der Waals surface area contributed by atoms with Crippen molar-refractivity contribution in [3.63, 3.8) is 0 Å². The van der Waals surface area contributed by atoms with Crippen LogP contribution in [0.15, 0.2) is 105 Å². The quantitative estimate of drug-likeness (QED) is 0.0233. The number of aromatic amines is 2. The van der Waals surface area contributed by atoms with E-state index in [1.54, 1.807) is 0 Å². The van der Waals surface area contributed by atoms with Crippen LogP contribution in [0.2, 0.25) is 72.5 Å². The van der Waals surface area contributed by atoms with Crippen LogP contribution < -0.4 is 28.0 Å². The van der Waals surface area contributed by atoms with E-state index in [2.05, 4.69) is 181 Å². The number of nitrogens with one attached hydrogen (secondary N) is 3. The van der Waals surface area contributed by atoms with Gasteiger partial charge >= 0.3 is 11.4 Å². The fourth-order valence-electron chi connectivity index (χ4n) is 8.22. The van der Waals surface area contributed by atoms with Crippen molar-refractivity contribution in [2.24, 2.45) is 0 Å². The highest BCUT2D eigenvalue weighted by molar-refractivity contribution is 6.75. The second-order valence-electron chi connectivity index (χ2n) is 28.7. The summed E-state index contributed by atoms with van der Waals surface area (Å²) >= 11 is 0. The summed E-state index contributed by atoms with van der Waals surface area (Å²) in [4.78, 5) is 79.3. The zero-order valence-electron chi connectivity index (χ0n) is 56.0. The number of hydrogen-bond donors (Lipinski definition) is 3. The molecule has 6 rings (SSSR count). The van der Waals surface area contributed by atoms with E-state index in [1.807, 2.05) is 60.7 Å². The van der Waals surface area contributed by atoms with Crippen LogP contribution in [0, 0.1) is 23.7 Å². The Morgan fingerprint density at radius 3 is 1.39 bits per heavy atom. The molecule has 1 amide bonds. The van der Waals surface area contributed by atoms with Gasteiger partial charge in [0, 0.05) is 31.8 Å². The first-order chi connectivity index (χ1) is 40.7. The molecule has 23 heteroatoms. The third-order valence-corrected chi connectivity index (χ3v) is 36.0. The SMILES string of the molecule is C=CC(=O)N(Cc1ccccc1)OCC#Cc1cn([C@H]2C[C@@H](O[Si](C)(C)C(C)(C)C)[C@@H](CO[Si](C)(C)C(C)(C)C)O2)c(=O)[nH]c1=O.CC(C)(C)[Si](C)(C)OC[C@H]1O[C@@H](n2cc(C#CCONCc3ccccc3)c(=O)[nH]c2=O)C[C@H]1O[Si](C)(C)C(C)(C)C. The number of hydrogen-bond acceptors (Lipinski definition) is 14. The maximum absolute atomic E-state index is 13.0. The second-order valence-corrected chi connectivity index (χ2v) is 47.8. The summed E-state index contributed by atoms with van der Waals surface area (Å²) in [6, 6.07) is 19.2. The molecular formula is C65H100N6O13Si4. The summed E-state index contributed by atoms with van der Waals surface area (Å²) < 4.78 is 42.4. The molecule has 4 heterocycles. The molecule has 2 aromatic heterocycles. The number of nitrogens with zero attached hydrogens (tertiary/aromatic N) is 3. The minimum absolute atomic E-state index is 0.00548. The lowest BCUT2D eigenvalue weighted by Crippen LogP contribution is -2.48. The van der Waals surface area contributed by atoms with Crippen LogP contribution in [-0.4, -0.2) is 114 Å². The first-order valence-corrected chi connectivity index (χ1v) is 41.9. The number of hydroxylamine groups is 3. The van der Waals surface area contributed by atoms with Gasteiger partial charge in [0.1, 0.15) is 49.0 Å². The fraction of sp³-hybridized carbons (Fsp3) is 0.585. The lowest BCUT2D eigenvalue weighted by Gasteiger charge is -2.40. The first kappa shape index (κ1) is 73.4. The number of amides is 1. The van der Waals surface area contributed by atoms with E-state index in [-0.39, 0.29) is 69.4 Å². The maximum Gasteiger partial charge on any atom is 0.330 e. The molecule has 3 N–H and O–H groups in total. The topological polar surface area (TPSA) is 216 Å². The largest absolute Gasteiger partial charge is 0.414 e. The molecule has 0 aliphatic carbocycles. The Hall–Kier alpha value is -5.36. The van der Waals surface area contributed by atoms with Crippen molar-refractivity contribution in [1.29, 1.82) is 0 Å². The minimum Gasteiger partial charge on any atom is -0.414 e. The number of H-pyrrole nitrogens is 2. The van der Waals surface area contributed by atoms with E-state index in [0.29, 0.717) is 32.6 Å². The maximum atomic E-state index is 13.0. The molecule has 2 aliphatic rings. The summed E-state index contributed by atoms with van der Waals surface area (Å²) in [6.45, 7) is 48.8. The van der Waals surface area contributed by atoms with E-state index < -0.39 is 80.2 Å². The second kappa shape index (κ2) is 30.2. The average Bonchev–Trinajstić information content (AvgIpc) is 1.79. The Bertz CT molecular complexity index is 3350. The van der Waals surface area contributed by atoms with Crippen LogP contribution in [-0.2, 0) is 54.7 Å². The van der Waals surface area contributed by atoms with Crippen LogP contribution in [0.25, 0.3) is 0 Å². The molecule has 0 spiro atoms. The summed E-state index contributed by atoms with van der Waals surface area (Å²) in [5.74, 6) is 10.8. The van der Waals surface area contributed by atoms with Gasteiger partial charge in [-0.3, -0.25) is 43.2 Å². The molecule has 4 aromatic rings. The van der Waals surface area contributed by atoms with E-state index >= 15 is 0 Å². The highest BCUT2D eigenvalue weighted by Gasteiger charge is 2.49. The molecule has 6 atom stereocenters. The fourth-order valence-corrected chi connectivity index (χ4v) is 13.0. The highest BCUT2D eigenvalue weighted by atomic mass is 28.4. The van der Waals surface area contributed by atoms with Crippen LogP contribution in [0.3, 0.4) is 0 Å². The van der Waals surface area contributed by atoms with Gasteiger partial charge in [-0.05, 0) is 89.7 Å². The van der Waals surface area contributed by atoms with Crippen LogP contribution in [0.1, 0.15) is 131 Å². The molecular weight excluding hydrogens is 1190 g/mol. The predicted octanol–water partition coefficient (Wildman–Crippen LogP) is 11.0. The molecule has 2 aromatic carbocycles.